The third-order valence-electron chi connectivity index (χ3n) is 5.99. The van der Waals surface area contributed by atoms with E-state index in [2.05, 4.69) is 5.32 Å². The third kappa shape index (κ3) is 1.27. The first kappa shape index (κ1) is 10.7. The molecule has 2 heterocycles. The molecule has 2 bridgehead atoms. The molecule has 0 aromatic heterocycles. The van der Waals surface area contributed by atoms with Gasteiger partial charge in [-0.2, -0.15) is 0 Å². The molecule has 3 atom stereocenters. The van der Waals surface area contributed by atoms with E-state index in [0.29, 0.717) is 18.0 Å². The van der Waals surface area contributed by atoms with Gasteiger partial charge in [0.2, 0.25) is 0 Å². The number of hydrogen-bond donors (Lipinski definition) is 1. The standard InChI is InChI=1S/C14H21F2N/c15-14(16)12(9-3-1-2-4-9)13(14)7-10-5-6-11(8-13)17-10/h9-12,17H,1-8H2. The Hall–Kier alpha value is -0.180. The van der Waals surface area contributed by atoms with Crippen LogP contribution in [0.3, 0.4) is 0 Å². The van der Waals surface area contributed by atoms with Crippen molar-refractivity contribution in [2.24, 2.45) is 17.3 Å². The second-order valence-corrected chi connectivity index (χ2v) is 6.85. The number of rotatable bonds is 1. The average molecular weight is 241 g/mol. The smallest absolute Gasteiger partial charge is 0.258 e. The summed E-state index contributed by atoms with van der Waals surface area (Å²) in [6.45, 7) is 0. The lowest BCUT2D eigenvalue weighted by atomic mass is 9.83. The fourth-order valence-electron chi connectivity index (χ4n) is 5.29. The van der Waals surface area contributed by atoms with Crippen LogP contribution in [0.15, 0.2) is 0 Å². The van der Waals surface area contributed by atoms with E-state index >= 15 is 0 Å². The zero-order valence-electron chi connectivity index (χ0n) is 10.2. The minimum absolute atomic E-state index is 0.261. The average Bonchev–Trinajstić information content (AvgIpc) is 2.75. The van der Waals surface area contributed by atoms with Gasteiger partial charge in [0.1, 0.15) is 0 Å². The van der Waals surface area contributed by atoms with Crippen LogP contribution in [0.1, 0.15) is 51.4 Å². The summed E-state index contributed by atoms with van der Waals surface area (Å²) in [6.07, 6.45) is 8.22. The lowest BCUT2D eigenvalue weighted by Gasteiger charge is -2.30. The summed E-state index contributed by atoms with van der Waals surface area (Å²) in [4.78, 5) is 0. The fourth-order valence-corrected chi connectivity index (χ4v) is 5.29. The zero-order valence-corrected chi connectivity index (χ0v) is 10.2. The van der Waals surface area contributed by atoms with Crippen LogP contribution in [0.2, 0.25) is 0 Å². The molecule has 2 saturated carbocycles. The van der Waals surface area contributed by atoms with E-state index in [0.717, 1.165) is 38.5 Å². The van der Waals surface area contributed by atoms with Gasteiger partial charge in [-0.25, -0.2) is 8.78 Å². The minimum Gasteiger partial charge on any atom is -0.311 e. The Bertz CT molecular complexity index is 323. The van der Waals surface area contributed by atoms with Crippen molar-refractivity contribution in [2.45, 2.75) is 69.4 Å². The second-order valence-electron chi connectivity index (χ2n) is 6.85. The third-order valence-corrected chi connectivity index (χ3v) is 5.99. The molecular weight excluding hydrogens is 220 g/mol. The predicted octanol–water partition coefficient (Wildman–Crippen LogP) is 3.34. The molecule has 0 radical (unpaired) electrons. The number of nitrogens with one attached hydrogen (secondary N) is 1. The zero-order chi connectivity index (χ0) is 11.7. The number of piperidine rings is 1. The van der Waals surface area contributed by atoms with Gasteiger partial charge in [-0.1, -0.05) is 12.8 Å². The normalized spacial score (nSPS) is 52.2. The van der Waals surface area contributed by atoms with E-state index in [1.807, 2.05) is 0 Å². The van der Waals surface area contributed by atoms with Crippen LogP contribution in [-0.4, -0.2) is 18.0 Å². The van der Waals surface area contributed by atoms with Gasteiger partial charge in [0, 0.05) is 23.4 Å². The van der Waals surface area contributed by atoms with Crippen molar-refractivity contribution in [3.05, 3.63) is 0 Å². The van der Waals surface area contributed by atoms with Gasteiger partial charge in [0.25, 0.3) is 5.92 Å². The molecule has 4 fully saturated rings. The van der Waals surface area contributed by atoms with Crippen LogP contribution < -0.4 is 5.32 Å². The number of fused-ring (bicyclic) bond motifs is 2. The Kier molecular flexibility index (Phi) is 2.03. The van der Waals surface area contributed by atoms with Crippen LogP contribution in [0.25, 0.3) is 0 Å². The van der Waals surface area contributed by atoms with Gasteiger partial charge in [-0.3, -0.25) is 0 Å². The molecule has 2 aliphatic carbocycles. The SMILES string of the molecule is FC1(F)C(C2CCCC2)C12CC1CCC(C2)N1. The summed E-state index contributed by atoms with van der Waals surface area (Å²) in [5.74, 6) is -2.27. The van der Waals surface area contributed by atoms with Crippen LogP contribution in [0.5, 0.6) is 0 Å². The molecule has 4 rings (SSSR count). The lowest BCUT2D eigenvalue weighted by Crippen LogP contribution is -2.41. The summed E-state index contributed by atoms with van der Waals surface area (Å²) in [5, 5.41) is 3.50. The van der Waals surface area contributed by atoms with Gasteiger partial charge >= 0.3 is 0 Å². The Morgan fingerprint density at radius 2 is 1.47 bits per heavy atom. The molecular formula is C14H21F2N. The fraction of sp³-hybridized carbons (Fsp3) is 1.00. The first-order chi connectivity index (χ1) is 8.13. The highest BCUT2D eigenvalue weighted by Gasteiger charge is 2.82. The van der Waals surface area contributed by atoms with Crippen LogP contribution in [0.4, 0.5) is 8.78 Å². The van der Waals surface area contributed by atoms with E-state index in [1.54, 1.807) is 0 Å². The van der Waals surface area contributed by atoms with Gasteiger partial charge in [0.05, 0.1) is 0 Å². The van der Waals surface area contributed by atoms with Gasteiger partial charge < -0.3 is 5.32 Å². The first-order valence-electron chi connectivity index (χ1n) is 7.27. The molecule has 96 valence electrons. The molecule has 1 nitrogen and oxygen atoms in total. The van der Waals surface area contributed by atoms with E-state index in [-0.39, 0.29) is 5.92 Å². The summed E-state index contributed by atoms with van der Waals surface area (Å²) in [5.41, 5.74) is -0.584. The summed E-state index contributed by atoms with van der Waals surface area (Å²) in [6, 6.07) is 0.789. The molecule has 1 spiro atoms. The monoisotopic (exact) mass is 241 g/mol. The Labute approximate surface area is 101 Å². The largest absolute Gasteiger partial charge is 0.311 e. The Morgan fingerprint density at radius 1 is 0.882 bits per heavy atom. The van der Waals surface area contributed by atoms with Crippen LogP contribution >= 0.6 is 0 Å². The van der Waals surface area contributed by atoms with Crippen molar-refractivity contribution < 1.29 is 8.78 Å². The van der Waals surface area contributed by atoms with Crippen LogP contribution in [0, 0.1) is 17.3 Å². The minimum atomic E-state index is -2.34. The first-order valence-corrected chi connectivity index (χ1v) is 7.27. The highest BCUT2D eigenvalue weighted by atomic mass is 19.3. The van der Waals surface area contributed by atoms with E-state index in [9.17, 15) is 8.78 Å². The van der Waals surface area contributed by atoms with Crippen molar-refractivity contribution in [3.8, 4) is 0 Å². The number of hydrogen-bond acceptors (Lipinski definition) is 1. The maximum atomic E-state index is 14.3. The summed E-state index contributed by atoms with van der Waals surface area (Å²) < 4.78 is 28.7. The van der Waals surface area contributed by atoms with Crippen molar-refractivity contribution >= 4 is 0 Å². The predicted molar refractivity (Wildman–Crippen MR) is 62.0 cm³/mol. The van der Waals surface area contributed by atoms with Gasteiger partial charge in [-0.05, 0) is 44.4 Å². The van der Waals surface area contributed by atoms with Crippen molar-refractivity contribution in [3.63, 3.8) is 0 Å². The van der Waals surface area contributed by atoms with Crippen molar-refractivity contribution in [1.82, 2.24) is 5.32 Å². The molecule has 3 unspecified atom stereocenters. The molecule has 2 saturated heterocycles. The molecule has 0 aromatic carbocycles. The van der Waals surface area contributed by atoms with Gasteiger partial charge in [-0.15, -0.1) is 0 Å². The lowest BCUT2D eigenvalue weighted by molar-refractivity contribution is 0.0362. The Balaban J connectivity index is 1.61. The molecule has 4 aliphatic rings. The summed E-state index contributed by atoms with van der Waals surface area (Å²) >= 11 is 0. The second kappa shape index (κ2) is 3.23. The maximum absolute atomic E-state index is 14.3. The maximum Gasteiger partial charge on any atom is 0.258 e. The van der Waals surface area contributed by atoms with E-state index < -0.39 is 11.3 Å². The quantitative estimate of drug-likeness (QED) is 0.742. The van der Waals surface area contributed by atoms with Gasteiger partial charge in [0.15, 0.2) is 0 Å². The van der Waals surface area contributed by atoms with Crippen molar-refractivity contribution in [1.29, 1.82) is 0 Å². The molecule has 2 aliphatic heterocycles. The van der Waals surface area contributed by atoms with Crippen LogP contribution in [-0.2, 0) is 0 Å². The van der Waals surface area contributed by atoms with E-state index in [4.69, 9.17) is 0 Å². The molecule has 0 aromatic rings. The molecule has 3 heteroatoms. The number of halogens is 2. The topological polar surface area (TPSA) is 12.0 Å². The summed E-state index contributed by atoms with van der Waals surface area (Å²) in [7, 11) is 0. The van der Waals surface area contributed by atoms with E-state index in [1.165, 1.54) is 12.8 Å². The van der Waals surface area contributed by atoms with Crippen molar-refractivity contribution in [2.75, 3.05) is 0 Å². The molecule has 17 heavy (non-hydrogen) atoms. The highest BCUT2D eigenvalue weighted by Crippen LogP contribution is 2.76. The highest BCUT2D eigenvalue weighted by molar-refractivity contribution is 5.24. The molecule has 0 amide bonds. The number of alkyl halides is 2. The molecule has 1 N–H and O–H groups in total. The Morgan fingerprint density at radius 3 is 2.06 bits per heavy atom.